The highest BCUT2D eigenvalue weighted by molar-refractivity contribution is 7.90. The van der Waals surface area contributed by atoms with Gasteiger partial charge in [0.25, 0.3) is 21.6 Å². The Hall–Kier alpha value is -6.80. The number of aromatic amines is 1. The first-order valence-electron chi connectivity index (χ1n) is 27.3. The third-order valence-corrected chi connectivity index (χ3v) is 18.4. The van der Waals surface area contributed by atoms with Crippen LogP contribution in [0, 0.1) is 27.3 Å². The van der Waals surface area contributed by atoms with Gasteiger partial charge in [0.1, 0.15) is 28.7 Å². The van der Waals surface area contributed by atoms with Gasteiger partial charge in [-0.05, 0) is 136 Å². The van der Waals surface area contributed by atoms with E-state index in [1.54, 1.807) is 26.2 Å². The summed E-state index contributed by atoms with van der Waals surface area (Å²) in [5, 5.41) is 25.9. The molecular weight excluding hydrogens is 1020 g/mol. The molecule has 3 aliphatic carbocycles. The summed E-state index contributed by atoms with van der Waals surface area (Å²) in [5.41, 5.74) is 3.90. The Morgan fingerprint density at radius 2 is 1.76 bits per heavy atom. The Bertz CT molecular complexity index is 3320. The highest BCUT2D eigenvalue weighted by Crippen LogP contribution is 2.54. The summed E-state index contributed by atoms with van der Waals surface area (Å²) in [7, 11) is -2.94. The van der Waals surface area contributed by atoms with Crippen molar-refractivity contribution < 1.29 is 41.8 Å². The molecule has 4 heterocycles. The van der Waals surface area contributed by atoms with Crippen molar-refractivity contribution in [1.29, 1.82) is 0 Å². The van der Waals surface area contributed by atoms with Crippen LogP contribution in [-0.4, -0.2) is 108 Å². The second-order valence-electron chi connectivity index (χ2n) is 23.0. The fraction of sp³-hybridized carbons (Fsp3) is 0.458. The summed E-state index contributed by atoms with van der Waals surface area (Å²) in [4.78, 5) is 39.8. The lowest BCUT2D eigenvalue weighted by atomic mass is 9.59. The number of sulfonamides is 1. The molecule has 4 N–H and O–H groups in total. The van der Waals surface area contributed by atoms with Gasteiger partial charge >= 0.3 is 0 Å². The van der Waals surface area contributed by atoms with Gasteiger partial charge in [0.05, 0.1) is 45.8 Å². The first-order chi connectivity index (χ1) is 37.4. The van der Waals surface area contributed by atoms with Crippen molar-refractivity contribution in [2.24, 2.45) is 11.3 Å². The SMILES string of the molecule is COc1cc(CN2CCN(C3CC4(C3)CN(c3ccc(C(=O)NS(=O)(=O)c5ccc(NC[C@H]6CC[C@](C)(O)CC6)c([N+](=O)[O-])c5)c(Oc5cnc6[nH]cc(F)c6c5)c3)C4)[C@H](c3ccccc3C(C)C)C2)ccc1OC1CCC1. The standard InChI is InChI=1S/C59H69FN8O9S/c1-37(2)45-10-5-6-11-46(45)52-34-65(33-39-12-17-53(55(24-39)75-4)76-42-8-7-9-42)22-23-67(52)41-28-59(29-41)35-66(36-59)40-13-15-47(54(25-40)77-43-26-48-49(60)32-63-56(48)62-31-43)57(69)64-78(73,74)44-14-16-50(51(27-44)68(71)72)61-30-38-18-20-58(3,70)21-19-38/h5-6,10-17,24-27,31-32,37-38,41-42,52,61,70H,7-9,18-23,28-30,33-36H2,1-4H3,(H,62,63)(H,64,69)/t38-,52-,58-/m0/s1. The van der Waals surface area contributed by atoms with Crippen LogP contribution in [0.15, 0.2) is 102 Å². The van der Waals surface area contributed by atoms with Gasteiger partial charge in [-0.2, -0.15) is 0 Å². The molecule has 1 amide bonds. The van der Waals surface area contributed by atoms with Crippen molar-refractivity contribution in [2.45, 2.75) is 120 Å². The van der Waals surface area contributed by atoms with Crippen LogP contribution >= 0.6 is 0 Å². The molecule has 4 aromatic carbocycles. The molecule has 3 saturated carbocycles. The van der Waals surface area contributed by atoms with E-state index >= 15 is 0 Å². The van der Waals surface area contributed by atoms with Gasteiger partial charge in [0.2, 0.25) is 0 Å². The molecule has 5 aliphatic rings. The minimum Gasteiger partial charge on any atom is -0.493 e. The summed E-state index contributed by atoms with van der Waals surface area (Å²) in [5.74, 6) is 0.691. The van der Waals surface area contributed by atoms with E-state index in [0.717, 1.165) is 101 Å². The fourth-order valence-electron chi connectivity index (χ4n) is 12.4. The predicted molar refractivity (Wildman–Crippen MR) is 296 cm³/mol. The quantitative estimate of drug-likeness (QED) is 0.0467. The van der Waals surface area contributed by atoms with Crippen LogP contribution in [0.4, 0.5) is 21.5 Å². The smallest absolute Gasteiger partial charge is 0.293 e. The number of nitrogens with zero attached hydrogens (tertiary/aromatic N) is 5. The second-order valence-corrected chi connectivity index (χ2v) is 24.7. The maximum absolute atomic E-state index is 14.8. The Morgan fingerprint density at radius 1 is 0.974 bits per heavy atom. The molecule has 0 unspecified atom stereocenters. The van der Waals surface area contributed by atoms with Gasteiger partial charge < -0.3 is 34.5 Å². The van der Waals surface area contributed by atoms with Crippen LogP contribution in [0.5, 0.6) is 23.0 Å². The molecule has 0 radical (unpaired) electrons. The van der Waals surface area contributed by atoms with E-state index < -0.39 is 42.9 Å². The number of pyridine rings is 1. The first-order valence-corrected chi connectivity index (χ1v) is 28.8. The monoisotopic (exact) mass is 1080 g/mol. The minimum absolute atomic E-state index is 0.0143. The van der Waals surface area contributed by atoms with Crippen molar-refractivity contribution in [1.82, 2.24) is 24.5 Å². The van der Waals surface area contributed by atoms with E-state index in [1.165, 1.54) is 59.8 Å². The normalized spacial score (nSPS) is 21.9. The largest absolute Gasteiger partial charge is 0.493 e. The number of piperazine rings is 1. The number of rotatable bonds is 18. The average Bonchev–Trinajstić information content (AvgIpc) is 3.63. The zero-order valence-electron chi connectivity index (χ0n) is 44.7. The number of hydrogen-bond donors (Lipinski definition) is 4. The van der Waals surface area contributed by atoms with Gasteiger partial charge in [-0.25, -0.2) is 22.5 Å². The molecule has 2 saturated heterocycles. The third kappa shape index (κ3) is 11.1. The Labute approximate surface area is 454 Å². The molecule has 78 heavy (non-hydrogen) atoms. The maximum Gasteiger partial charge on any atom is 0.293 e. The predicted octanol–water partition coefficient (Wildman–Crippen LogP) is 10.5. The van der Waals surface area contributed by atoms with Crippen LogP contribution in [0.3, 0.4) is 0 Å². The molecule has 11 rings (SSSR count). The Balaban J connectivity index is 0.786. The molecule has 19 heteroatoms. The Kier molecular flexibility index (Phi) is 14.6. The number of nitrogens with one attached hydrogen (secondary N) is 3. The molecule has 5 fully saturated rings. The Morgan fingerprint density at radius 3 is 2.49 bits per heavy atom. The number of ether oxygens (including phenoxy) is 3. The number of amides is 1. The molecule has 2 aliphatic heterocycles. The van der Waals surface area contributed by atoms with Crippen molar-refractivity contribution in [3.8, 4) is 23.0 Å². The van der Waals surface area contributed by atoms with Crippen LogP contribution < -0.4 is 29.1 Å². The lowest BCUT2D eigenvalue weighted by Gasteiger charge is -2.63. The van der Waals surface area contributed by atoms with E-state index in [4.69, 9.17) is 14.2 Å². The lowest BCUT2D eigenvalue weighted by Crippen LogP contribution is -2.68. The molecule has 0 bridgehead atoms. The van der Waals surface area contributed by atoms with Crippen LogP contribution in [-0.2, 0) is 16.6 Å². The number of carbonyl (C=O) groups is 1. The topological polar surface area (TPSA) is 205 Å². The first kappa shape index (κ1) is 53.2. The zero-order valence-corrected chi connectivity index (χ0v) is 45.5. The van der Waals surface area contributed by atoms with Crippen molar-refractivity contribution in [2.75, 3.05) is 56.6 Å². The number of aromatic nitrogens is 2. The van der Waals surface area contributed by atoms with Crippen molar-refractivity contribution in [3.63, 3.8) is 0 Å². The second kappa shape index (κ2) is 21.4. The number of methoxy groups -OCH3 is 1. The van der Waals surface area contributed by atoms with Gasteiger partial charge in [-0.1, -0.05) is 44.2 Å². The number of halogens is 1. The fourth-order valence-corrected chi connectivity index (χ4v) is 13.3. The van der Waals surface area contributed by atoms with Gasteiger partial charge in [0, 0.05) is 87.3 Å². The van der Waals surface area contributed by atoms with Crippen LogP contribution in [0.2, 0.25) is 0 Å². The zero-order chi connectivity index (χ0) is 54.5. The molecule has 1 atom stereocenters. The summed E-state index contributed by atoms with van der Waals surface area (Å²) in [6.07, 6.45) is 11.0. The van der Waals surface area contributed by atoms with E-state index in [9.17, 15) is 32.8 Å². The number of nitro groups is 1. The number of nitro benzene ring substituents is 1. The summed E-state index contributed by atoms with van der Waals surface area (Å²) < 4.78 is 62.9. The van der Waals surface area contributed by atoms with Crippen LogP contribution in [0.25, 0.3) is 11.0 Å². The maximum atomic E-state index is 14.8. The van der Waals surface area contributed by atoms with E-state index in [2.05, 4.69) is 91.0 Å². The van der Waals surface area contributed by atoms with Gasteiger partial charge in [0.15, 0.2) is 11.5 Å². The number of benzene rings is 4. The number of aliphatic hydroxyl groups is 1. The third-order valence-electron chi connectivity index (χ3n) is 17.0. The highest BCUT2D eigenvalue weighted by atomic mass is 32.2. The molecular formula is C59H69FN8O9S. The number of carbonyl (C=O) groups excluding carboxylic acids is 1. The number of fused-ring (bicyclic) bond motifs is 1. The molecule has 2 aromatic heterocycles. The molecule has 1 spiro atoms. The van der Waals surface area contributed by atoms with Crippen LogP contribution in [0.1, 0.15) is 118 Å². The highest BCUT2D eigenvalue weighted by Gasteiger charge is 2.55. The molecule has 17 nitrogen and oxygen atoms in total. The minimum atomic E-state index is -4.65. The lowest BCUT2D eigenvalue weighted by molar-refractivity contribution is -0.384. The van der Waals surface area contributed by atoms with Crippen molar-refractivity contribution in [3.05, 3.63) is 136 Å². The van der Waals surface area contributed by atoms with Gasteiger partial charge in [-0.15, -0.1) is 0 Å². The number of H-pyrrole nitrogens is 1. The molecule has 6 aromatic rings. The van der Waals surface area contributed by atoms with E-state index in [-0.39, 0.29) is 51.6 Å². The average molecular weight is 1090 g/mol. The van der Waals surface area contributed by atoms with Gasteiger partial charge in [-0.3, -0.25) is 24.7 Å². The number of hydrogen-bond acceptors (Lipinski definition) is 14. The van der Waals surface area contributed by atoms with Crippen molar-refractivity contribution >= 4 is 44.0 Å². The summed E-state index contributed by atoms with van der Waals surface area (Å²) in [6.45, 7) is 11.8. The molecule has 412 valence electrons. The number of anilines is 2. The van der Waals surface area contributed by atoms with E-state index in [1.807, 2.05) is 0 Å². The summed E-state index contributed by atoms with van der Waals surface area (Å²) >= 11 is 0. The summed E-state index contributed by atoms with van der Waals surface area (Å²) in [6, 6.07) is 25.7. The van der Waals surface area contributed by atoms with E-state index in [0.29, 0.717) is 37.0 Å².